The third-order valence-electron chi connectivity index (χ3n) is 4.40. The van der Waals surface area contributed by atoms with Crippen LogP contribution < -0.4 is 10.0 Å². The number of hydrogen-bond acceptors (Lipinski definition) is 6. The number of methoxy groups -OCH3 is 1. The normalized spacial score (nSPS) is 15.2. The Balaban J connectivity index is 1.61. The maximum Gasteiger partial charge on any atom is 0.240 e. The van der Waals surface area contributed by atoms with Gasteiger partial charge in [0.1, 0.15) is 5.01 Å². The van der Waals surface area contributed by atoms with E-state index in [0.717, 1.165) is 23.4 Å². The fourth-order valence-corrected chi connectivity index (χ4v) is 5.20. The highest BCUT2D eigenvalue weighted by molar-refractivity contribution is 7.89. The molecule has 0 saturated heterocycles. The van der Waals surface area contributed by atoms with E-state index in [-0.39, 0.29) is 17.5 Å². The predicted octanol–water partition coefficient (Wildman–Crippen LogP) is 2.41. The highest BCUT2D eigenvalue weighted by atomic mass is 32.2. The van der Waals surface area contributed by atoms with Crippen LogP contribution in [0.25, 0.3) is 0 Å². The Morgan fingerprint density at radius 1 is 1.35 bits per heavy atom. The zero-order chi connectivity index (χ0) is 18.6. The first kappa shape index (κ1) is 19.4. The first-order valence-corrected chi connectivity index (χ1v) is 11.1. The quantitative estimate of drug-likeness (QED) is 0.638. The van der Waals surface area contributed by atoms with Gasteiger partial charge in [0, 0.05) is 25.1 Å². The Labute approximate surface area is 159 Å². The number of rotatable bonds is 9. The van der Waals surface area contributed by atoms with Crippen LogP contribution in [0.1, 0.15) is 40.5 Å². The molecule has 0 saturated carbocycles. The van der Waals surface area contributed by atoms with Crippen molar-refractivity contribution in [1.82, 2.24) is 15.0 Å². The topological polar surface area (TPSA) is 80.3 Å². The number of ether oxygens (including phenoxy) is 1. The van der Waals surface area contributed by atoms with Crippen molar-refractivity contribution in [3.63, 3.8) is 0 Å². The average Bonchev–Trinajstić information content (AvgIpc) is 3.22. The van der Waals surface area contributed by atoms with Gasteiger partial charge in [0.2, 0.25) is 10.0 Å². The van der Waals surface area contributed by atoms with Crippen LogP contribution in [0.2, 0.25) is 0 Å². The molecular formula is C18H25N3O3S2. The van der Waals surface area contributed by atoms with Gasteiger partial charge in [-0.05, 0) is 43.9 Å². The van der Waals surface area contributed by atoms with Crippen LogP contribution in [-0.2, 0) is 34.1 Å². The summed E-state index contributed by atoms with van der Waals surface area (Å²) < 4.78 is 32.0. The molecule has 0 bridgehead atoms. The number of thiazole rings is 1. The Morgan fingerprint density at radius 2 is 2.19 bits per heavy atom. The molecule has 8 heteroatoms. The van der Waals surface area contributed by atoms with Gasteiger partial charge >= 0.3 is 0 Å². The summed E-state index contributed by atoms with van der Waals surface area (Å²) in [6, 6.07) is 7.15. The number of hydrogen-bond donors (Lipinski definition) is 2. The molecule has 1 aromatic carbocycles. The van der Waals surface area contributed by atoms with Gasteiger partial charge in [-0.25, -0.2) is 18.1 Å². The number of aromatic nitrogens is 1. The van der Waals surface area contributed by atoms with Crippen molar-refractivity contribution in [3.8, 4) is 0 Å². The molecule has 142 valence electrons. The highest BCUT2D eigenvalue weighted by Crippen LogP contribution is 2.30. The summed E-state index contributed by atoms with van der Waals surface area (Å²) in [5.41, 5.74) is 2.18. The molecule has 3 rings (SSSR count). The Hall–Kier alpha value is -1.32. The molecule has 0 unspecified atom stereocenters. The van der Waals surface area contributed by atoms with Gasteiger partial charge in [0.25, 0.3) is 0 Å². The van der Waals surface area contributed by atoms with Crippen molar-refractivity contribution in [1.29, 1.82) is 0 Å². The summed E-state index contributed by atoms with van der Waals surface area (Å²) in [5.74, 6) is 0. The van der Waals surface area contributed by atoms with E-state index in [4.69, 9.17) is 9.72 Å². The van der Waals surface area contributed by atoms with E-state index in [1.165, 1.54) is 17.0 Å². The molecule has 1 aliphatic carbocycles. The molecule has 1 heterocycles. The van der Waals surface area contributed by atoms with Crippen LogP contribution >= 0.6 is 11.3 Å². The summed E-state index contributed by atoms with van der Waals surface area (Å²) in [4.78, 5) is 6.43. The van der Waals surface area contributed by atoms with Gasteiger partial charge in [-0.3, -0.25) is 0 Å². The molecule has 0 amide bonds. The standard InChI is InChI=1S/C18H25N3O3S2/c1-13(18-21-16-7-4-8-17(16)25-18)19-12-14-5-3-6-15(11-14)26(22,23)20-9-10-24-2/h3,5-6,11,13,19-20H,4,7-10,12H2,1-2H3/t13-/m0/s1. The zero-order valence-electron chi connectivity index (χ0n) is 15.1. The van der Waals surface area contributed by atoms with E-state index in [1.54, 1.807) is 36.6 Å². The molecule has 0 radical (unpaired) electrons. The van der Waals surface area contributed by atoms with Crippen LogP contribution in [0.4, 0.5) is 0 Å². The molecule has 0 fully saturated rings. The number of benzene rings is 1. The molecule has 1 atom stereocenters. The fraction of sp³-hybridized carbons (Fsp3) is 0.500. The van der Waals surface area contributed by atoms with Gasteiger partial charge in [0.05, 0.1) is 23.2 Å². The second-order valence-electron chi connectivity index (χ2n) is 6.42. The van der Waals surface area contributed by atoms with Gasteiger partial charge < -0.3 is 10.1 Å². The molecule has 1 aliphatic rings. The second kappa shape index (κ2) is 8.58. The van der Waals surface area contributed by atoms with E-state index in [9.17, 15) is 8.42 Å². The maximum atomic E-state index is 12.3. The van der Waals surface area contributed by atoms with Gasteiger partial charge in [0.15, 0.2) is 0 Å². The van der Waals surface area contributed by atoms with Crippen molar-refractivity contribution in [2.75, 3.05) is 20.3 Å². The lowest BCUT2D eigenvalue weighted by Gasteiger charge is -2.12. The monoisotopic (exact) mass is 395 g/mol. The third-order valence-corrected chi connectivity index (χ3v) is 7.20. The Kier molecular flexibility index (Phi) is 6.42. The molecular weight excluding hydrogens is 370 g/mol. The van der Waals surface area contributed by atoms with Crippen LogP contribution in [0.15, 0.2) is 29.2 Å². The second-order valence-corrected chi connectivity index (χ2v) is 9.30. The molecule has 1 aromatic heterocycles. The third kappa shape index (κ3) is 4.69. The minimum Gasteiger partial charge on any atom is -0.383 e. The summed E-state index contributed by atoms with van der Waals surface area (Å²) in [6.45, 7) is 3.29. The predicted molar refractivity (Wildman–Crippen MR) is 103 cm³/mol. The van der Waals surface area contributed by atoms with E-state index in [1.807, 2.05) is 6.07 Å². The number of nitrogens with one attached hydrogen (secondary N) is 2. The Bertz CT molecular complexity index is 828. The summed E-state index contributed by atoms with van der Waals surface area (Å²) in [7, 11) is -1.97. The van der Waals surface area contributed by atoms with Crippen molar-refractivity contribution in [3.05, 3.63) is 45.4 Å². The van der Waals surface area contributed by atoms with Crippen molar-refractivity contribution in [2.45, 2.75) is 43.7 Å². The molecule has 2 N–H and O–H groups in total. The molecule has 0 spiro atoms. The summed E-state index contributed by atoms with van der Waals surface area (Å²) >= 11 is 1.79. The van der Waals surface area contributed by atoms with Crippen molar-refractivity contribution < 1.29 is 13.2 Å². The minimum atomic E-state index is -3.51. The lowest BCUT2D eigenvalue weighted by atomic mass is 10.2. The number of aryl methyl sites for hydroxylation is 2. The number of sulfonamides is 1. The van der Waals surface area contributed by atoms with E-state index < -0.39 is 10.0 Å². The largest absolute Gasteiger partial charge is 0.383 e. The van der Waals surface area contributed by atoms with Crippen LogP contribution in [0, 0.1) is 0 Å². The Morgan fingerprint density at radius 3 is 2.96 bits per heavy atom. The smallest absolute Gasteiger partial charge is 0.240 e. The van der Waals surface area contributed by atoms with E-state index in [2.05, 4.69) is 17.0 Å². The van der Waals surface area contributed by atoms with E-state index in [0.29, 0.717) is 13.2 Å². The molecule has 6 nitrogen and oxygen atoms in total. The molecule has 2 aromatic rings. The SMILES string of the molecule is COCCNS(=O)(=O)c1cccc(CN[C@@H](C)c2nc3c(s2)CCC3)c1. The average molecular weight is 396 g/mol. The first-order chi connectivity index (χ1) is 12.5. The van der Waals surface area contributed by atoms with Crippen LogP contribution in [-0.4, -0.2) is 33.7 Å². The summed E-state index contributed by atoms with van der Waals surface area (Å²) in [6.07, 6.45) is 3.46. The zero-order valence-corrected chi connectivity index (χ0v) is 16.8. The van der Waals surface area contributed by atoms with Gasteiger partial charge in [-0.1, -0.05) is 12.1 Å². The van der Waals surface area contributed by atoms with Crippen molar-refractivity contribution in [2.24, 2.45) is 0 Å². The van der Waals surface area contributed by atoms with E-state index >= 15 is 0 Å². The van der Waals surface area contributed by atoms with Crippen LogP contribution in [0.3, 0.4) is 0 Å². The molecule has 26 heavy (non-hydrogen) atoms. The molecule has 0 aliphatic heterocycles. The highest BCUT2D eigenvalue weighted by Gasteiger charge is 2.19. The maximum absolute atomic E-state index is 12.3. The first-order valence-electron chi connectivity index (χ1n) is 8.79. The van der Waals surface area contributed by atoms with Crippen LogP contribution in [0.5, 0.6) is 0 Å². The lowest BCUT2D eigenvalue weighted by Crippen LogP contribution is -2.27. The van der Waals surface area contributed by atoms with Gasteiger partial charge in [-0.15, -0.1) is 11.3 Å². The number of fused-ring (bicyclic) bond motifs is 1. The fourth-order valence-electron chi connectivity index (χ4n) is 2.94. The van der Waals surface area contributed by atoms with Crippen molar-refractivity contribution >= 4 is 21.4 Å². The van der Waals surface area contributed by atoms with Gasteiger partial charge in [-0.2, -0.15) is 0 Å². The number of nitrogens with zero attached hydrogens (tertiary/aromatic N) is 1. The minimum absolute atomic E-state index is 0.144. The summed E-state index contributed by atoms with van der Waals surface area (Å²) in [5, 5.41) is 4.56. The lowest BCUT2D eigenvalue weighted by molar-refractivity contribution is 0.204.